The van der Waals surface area contributed by atoms with E-state index in [0.29, 0.717) is 0 Å². The van der Waals surface area contributed by atoms with Gasteiger partial charge in [-0.25, -0.2) is 0 Å². The highest BCUT2D eigenvalue weighted by Gasteiger charge is 2.29. The van der Waals surface area contributed by atoms with Gasteiger partial charge in [-0.15, -0.1) is 0 Å². The van der Waals surface area contributed by atoms with E-state index in [1.807, 2.05) is 18.2 Å². The van der Waals surface area contributed by atoms with E-state index in [0.717, 1.165) is 5.56 Å². The first-order valence-corrected chi connectivity index (χ1v) is 6.53. The van der Waals surface area contributed by atoms with Gasteiger partial charge in [0.1, 0.15) is 24.4 Å². The molecule has 0 saturated carbocycles. The molecule has 0 fully saturated rings. The number of rotatable bonds is 7. The smallest absolute Gasteiger partial charge is 0.307 e. The molecule has 1 aromatic carbocycles. The van der Waals surface area contributed by atoms with Gasteiger partial charge in [0.25, 0.3) is 0 Å². The second-order valence-corrected chi connectivity index (χ2v) is 4.54. The van der Waals surface area contributed by atoms with E-state index in [4.69, 9.17) is 35.7 Å². The summed E-state index contributed by atoms with van der Waals surface area (Å²) in [7, 11) is 0. The second kappa shape index (κ2) is 11.1. The van der Waals surface area contributed by atoms with Crippen LogP contribution in [0.15, 0.2) is 30.3 Å². The number of carboxylic acids is 1. The molecular formula is C14H22O8. The Bertz CT molecular complexity index is 397. The van der Waals surface area contributed by atoms with Crippen molar-refractivity contribution in [3.8, 4) is 0 Å². The molecular weight excluding hydrogens is 296 g/mol. The number of aliphatic carboxylic acids is 1. The molecule has 126 valence electrons. The first-order chi connectivity index (χ1) is 10.3. The van der Waals surface area contributed by atoms with Crippen molar-refractivity contribution in [3.05, 3.63) is 35.9 Å². The first-order valence-electron chi connectivity index (χ1n) is 6.53. The lowest BCUT2D eigenvalue weighted by Gasteiger charge is -2.24. The van der Waals surface area contributed by atoms with Crippen LogP contribution < -0.4 is 0 Å². The Morgan fingerprint density at radius 2 is 1.27 bits per heavy atom. The highest BCUT2D eigenvalue weighted by atomic mass is 16.4. The van der Waals surface area contributed by atoms with Gasteiger partial charge in [0, 0.05) is 0 Å². The van der Waals surface area contributed by atoms with Gasteiger partial charge in [-0.05, 0) is 5.56 Å². The monoisotopic (exact) mass is 318 g/mol. The van der Waals surface area contributed by atoms with Gasteiger partial charge in [-0.1, -0.05) is 30.3 Å². The molecule has 0 radical (unpaired) electrons. The molecule has 0 saturated heterocycles. The molecule has 0 spiro atoms. The Morgan fingerprint density at radius 3 is 1.59 bits per heavy atom. The molecule has 0 aliphatic carbocycles. The van der Waals surface area contributed by atoms with Crippen LogP contribution in [-0.4, -0.2) is 79.3 Å². The van der Waals surface area contributed by atoms with Crippen LogP contribution in [0.3, 0.4) is 0 Å². The van der Waals surface area contributed by atoms with E-state index in [1.165, 1.54) is 0 Å². The number of hydrogen-bond donors (Lipinski definition) is 7. The second-order valence-electron chi connectivity index (χ2n) is 4.54. The number of carboxylic acid groups (broad SMARTS) is 1. The zero-order chi connectivity index (χ0) is 17.1. The number of aliphatic hydroxyl groups is 6. The zero-order valence-corrected chi connectivity index (χ0v) is 11.9. The Labute approximate surface area is 127 Å². The van der Waals surface area contributed by atoms with E-state index in [1.54, 1.807) is 12.1 Å². The molecule has 1 rings (SSSR count). The van der Waals surface area contributed by atoms with Crippen molar-refractivity contribution in [2.75, 3.05) is 13.2 Å². The van der Waals surface area contributed by atoms with Gasteiger partial charge in [0.2, 0.25) is 0 Å². The highest BCUT2D eigenvalue weighted by Crippen LogP contribution is 2.04. The molecule has 0 bridgehead atoms. The minimum absolute atomic E-state index is 0.112. The van der Waals surface area contributed by atoms with Gasteiger partial charge >= 0.3 is 5.97 Å². The van der Waals surface area contributed by atoms with Crippen LogP contribution in [0, 0.1) is 0 Å². The molecule has 4 unspecified atom stereocenters. The lowest BCUT2D eigenvalue weighted by molar-refractivity contribution is -0.136. The Morgan fingerprint density at radius 1 is 0.864 bits per heavy atom. The van der Waals surface area contributed by atoms with Crippen LogP contribution in [-0.2, 0) is 11.2 Å². The zero-order valence-electron chi connectivity index (χ0n) is 11.9. The number of aliphatic hydroxyl groups excluding tert-OH is 6. The van der Waals surface area contributed by atoms with Gasteiger partial charge < -0.3 is 35.7 Å². The summed E-state index contributed by atoms with van der Waals surface area (Å²) in [4.78, 5) is 10.2. The van der Waals surface area contributed by atoms with Crippen molar-refractivity contribution >= 4 is 5.97 Å². The average Bonchev–Trinajstić information content (AvgIpc) is 2.52. The van der Waals surface area contributed by atoms with Crippen LogP contribution >= 0.6 is 0 Å². The molecule has 0 aliphatic heterocycles. The van der Waals surface area contributed by atoms with E-state index >= 15 is 0 Å². The van der Waals surface area contributed by atoms with Crippen molar-refractivity contribution in [3.63, 3.8) is 0 Å². The van der Waals surface area contributed by atoms with Gasteiger partial charge in [0.15, 0.2) is 0 Å². The third kappa shape index (κ3) is 8.03. The summed E-state index contributed by atoms with van der Waals surface area (Å²) >= 11 is 0. The van der Waals surface area contributed by atoms with Crippen LogP contribution in [0.2, 0.25) is 0 Å². The highest BCUT2D eigenvalue weighted by molar-refractivity contribution is 5.70. The van der Waals surface area contributed by atoms with Crippen LogP contribution in [0.4, 0.5) is 0 Å². The molecule has 1 aromatic rings. The van der Waals surface area contributed by atoms with E-state index < -0.39 is 43.6 Å². The lowest BCUT2D eigenvalue weighted by Crippen LogP contribution is -2.46. The number of carbonyl (C=O) groups is 1. The minimum Gasteiger partial charge on any atom is -0.481 e. The maximum Gasteiger partial charge on any atom is 0.307 e. The van der Waals surface area contributed by atoms with Crippen LogP contribution in [0.5, 0.6) is 0 Å². The third-order valence-corrected chi connectivity index (χ3v) is 2.71. The lowest BCUT2D eigenvalue weighted by atomic mass is 10.0. The van der Waals surface area contributed by atoms with Gasteiger partial charge in [-0.3, -0.25) is 4.79 Å². The fourth-order valence-electron chi connectivity index (χ4n) is 1.44. The molecule has 8 nitrogen and oxygen atoms in total. The predicted molar refractivity (Wildman–Crippen MR) is 76.0 cm³/mol. The average molecular weight is 318 g/mol. The van der Waals surface area contributed by atoms with Crippen molar-refractivity contribution in [1.29, 1.82) is 0 Å². The largest absolute Gasteiger partial charge is 0.481 e. The van der Waals surface area contributed by atoms with Crippen molar-refractivity contribution < 1.29 is 40.5 Å². The molecule has 0 aliphatic rings. The quantitative estimate of drug-likeness (QED) is 0.296. The maximum absolute atomic E-state index is 10.2. The number of hydrogen-bond acceptors (Lipinski definition) is 7. The van der Waals surface area contributed by atoms with Gasteiger partial charge in [-0.2, -0.15) is 0 Å². The van der Waals surface area contributed by atoms with E-state index in [2.05, 4.69) is 0 Å². The summed E-state index contributed by atoms with van der Waals surface area (Å²) in [5.74, 6) is -0.786. The number of benzene rings is 1. The van der Waals surface area contributed by atoms with E-state index in [-0.39, 0.29) is 6.42 Å². The molecule has 7 N–H and O–H groups in total. The molecule has 8 heteroatoms. The van der Waals surface area contributed by atoms with Crippen LogP contribution in [0.1, 0.15) is 5.56 Å². The fraction of sp³-hybridized carbons (Fsp3) is 0.500. The molecule has 0 heterocycles. The molecule has 0 amide bonds. The molecule has 4 atom stereocenters. The van der Waals surface area contributed by atoms with Crippen molar-refractivity contribution in [1.82, 2.24) is 0 Å². The van der Waals surface area contributed by atoms with E-state index in [9.17, 15) is 4.79 Å². The van der Waals surface area contributed by atoms with Crippen LogP contribution in [0.25, 0.3) is 0 Å². The third-order valence-electron chi connectivity index (χ3n) is 2.71. The topological polar surface area (TPSA) is 159 Å². The summed E-state index contributed by atoms with van der Waals surface area (Å²) in [6.07, 6.45) is -6.28. The summed E-state index contributed by atoms with van der Waals surface area (Å²) in [6.45, 7) is -1.45. The summed E-state index contributed by atoms with van der Waals surface area (Å²) in [5.41, 5.74) is 0.843. The Kier molecular flexibility index (Phi) is 10.3. The van der Waals surface area contributed by atoms with Crippen molar-refractivity contribution in [2.24, 2.45) is 0 Å². The normalized spacial score (nSPS) is 15.9. The maximum atomic E-state index is 10.2. The Hall–Kier alpha value is -1.55. The fourth-order valence-corrected chi connectivity index (χ4v) is 1.44. The SMILES string of the molecule is O=C(O)Cc1ccccc1.OCC(O)C(O)C(O)C(O)CO. The first kappa shape index (κ1) is 20.5. The standard InChI is InChI=1S/C8H8O2.C6H14O6/c9-8(10)6-7-4-2-1-3-5-7;7-1-3(9)5(11)6(12)4(10)2-8/h1-5H,6H2,(H,9,10);3-12H,1-2H2. The Balaban J connectivity index is 0.000000406. The van der Waals surface area contributed by atoms with Crippen molar-refractivity contribution in [2.45, 2.75) is 30.8 Å². The van der Waals surface area contributed by atoms with Gasteiger partial charge in [0.05, 0.1) is 19.6 Å². The summed E-state index contributed by atoms with van der Waals surface area (Å²) in [5, 5.41) is 60.5. The minimum atomic E-state index is -1.67. The molecule has 0 aromatic heterocycles. The summed E-state index contributed by atoms with van der Waals surface area (Å²) < 4.78 is 0. The molecule has 22 heavy (non-hydrogen) atoms. The summed E-state index contributed by atoms with van der Waals surface area (Å²) in [6, 6.07) is 9.13. The predicted octanol–water partition coefficient (Wildman–Crippen LogP) is -2.27.